The van der Waals surface area contributed by atoms with E-state index in [4.69, 9.17) is 4.74 Å². The number of carbonyl (C=O) groups is 1. The Hall–Kier alpha value is -1.46. The van der Waals surface area contributed by atoms with E-state index in [1.165, 1.54) is 0 Å². The summed E-state index contributed by atoms with van der Waals surface area (Å²) in [6.45, 7) is 5.15. The number of carbonyl (C=O) groups excluding carboxylic acids is 1. The molecule has 2 N–H and O–H groups in total. The number of aryl methyl sites for hydroxylation is 1. The van der Waals surface area contributed by atoms with E-state index in [1.807, 2.05) is 19.1 Å². The first kappa shape index (κ1) is 14.9. The van der Waals surface area contributed by atoms with Crippen molar-refractivity contribution in [2.45, 2.75) is 19.8 Å². The van der Waals surface area contributed by atoms with E-state index < -0.39 is 0 Å². The third-order valence-corrected chi connectivity index (χ3v) is 3.86. The topological polar surface area (TPSA) is 63.2 Å². The lowest BCUT2D eigenvalue weighted by atomic mass is 9.79. The van der Waals surface area contributed by atoms with Gasteiger partial charge in [0.25, 0.3) is 5.91 Å². The van der Waals surface area contributed by atoms with Crippen LogP contribution in [0, 0.1) is 12.3 Å². The van der Waals surface area contributed by atoms with Gasteiger partial charge < -0.3 is 15.4 Å². The molecule has 1 aliphatic rings. The highest BCUT2D eigenvalue weighted by Crippen LogP contribution is 2.28. The molecular formula is C15H23N3O2. The minimum atomic E-state index is -0.109. The monoisotopic (exact) mass is 277 g/mol. The number of hydrogen-bond acceptors (Lipinski definition) is 4. The molecule has 0 atom stereocenters. The summed E-state index contributed by atoms with van der Waals surface area (Å²) in [4.78, 5) is 16.4. The van der Waals surface area contributed by atoms with Crippen LogP contribution >= 0.6 is 0 Å². The molecule has 1 fully saturated rings. The van der Waals surface area contributed by atoms with Gasteiger partial charge in [0, 0.05) is 24.8 Å². The molecule has 0 unspecified atom stereocenters. The maximum Gasteiger partial charge on any atom is 0.269 e. The number of aromatic nitrogens is 1. The van der Waals surface area contributed by atoms with E-state index in [0.717, 1.165) is 31.6 Å². The van der Waals surface area contributed by atoms with Crippen LogP contribution < -0.4 is 10.6 Å². The Kier molecular flexibility index (Phi) is 5.09. The summed E-state index contributed by atoms with van der Waals surface area (Å²) < 4.78 is 5.35. The number of nitrogens with one attached hydrogen (secondary N) is 2. The van der Waals surface area contributed by atoms with E-state index in [1.54, 1.807) is 13.2 Å². The molecule has 0 radical (unpaired) electrons. The van der Waals surface area contributed by atoms with Crippen molar-refractivity contribution >= 4 is 5.91 Å². The highest BCUT2D eigenvalue weighted by molar-refractivity contribution is 5.92. The van der Waals surface area contributed by atoms with Crippen LogP contribution in [0.15, 0.2) is 18.2 Å². The van der Waals surface area contributed by atoms with E-state index in [2.05, 4.69) is 15.6 Å². The molecular weight excluding hydrogens is 254 g/mol. The number of amides is 1. The second-order valence-electron chi connectivity index (χ2n) is 5.53. The standard InChI is InChI=1S/C15H23N3O2/c1-12-4-3-5-13(18-12)14(19)17-10-15(11-20-2)6-8-16-9-7-15/h3-5,16H,6-11H2,1-2H3,(H,17,19). The largest absolute Gasteiger partial charge is 0.384 e. The summed E-state index contributed by atoms with van der Waals surface area (Å²) in [5.41, 5.74) is 1.37. The summed E-state index contributed by atoms with van der Waals surface area (Å²) >= 11 is 0. The first-order valence-electron chi connectivity index (χ1n) is 7.07. The smallest absolute Gasteiger partial charge is 0.269 e. The van der Waals surface area contributed by atoms with E-state index in [9.17, 15) is 4.79 Å². The number of nitrogens with zero attached hydrogens (tertiary/aromatic N) is 1. The number of ether oxygens (including phenoxy) is 1. The highest BCUT2D eigenvalue weighted by atomic mass is 16.5. The fourth-order valence-corrected chi connectivity index (χ4v) is 2.66. The maximum atomic E-state index is 12.2. The quantitative estimate of drug-likeness (QED) is 0.847. The Morgan fingerprint density at radius 3 is 2.85 bits per heavy atom. The number of pyridine rings is 1. The predicted octanol–water partition coefficient (Wildman–Crippen LogP) is 1.14. The van der Waals surface area contributed by atoms with Crippen molar-refractivity contribution in [2.75, 3.05) is 33.4 Å². The van der Waals surface area contributed by atoms with Crippen molar-refractivity contribution in [3.8, 4) is 0 Å². The van der Waals surface area contributed by atoms with E-state index >= 15 is 0 Å². The van der Waals surface area contributed by atoms with E-state index in [0.29, 0.717) is 18.8 Å². The Bertz CT molecular complexity index is 451. The molecule has 0 spiro atoms. The van der Waals surface area contributed by atoms with Crippen LogP contribution in [0.2, 0.25) is 0 Å². The first-order chi connectivity index (χ1) is 9.65. The van der Waals surface area contributed by atoms with Gasteiger partial charge in [-0.15, -0.1) is 0 Å². The van der Waals surface area contributed by atoms with Crippen molar-refractivity contribution in [1.29, 1.82) is 0 Å². The number of hydrogen-bond donors (Lipinski definition) is 2. The van der Waals surface area contributed by atoms with Gasteiger partial charge in [0.05, 0.1) is 6.61 Å². The summed E-state index contributed by atoms with van der Waals surface area (Å²) in [6.07, 6.45) is 2.03. The molecule has 1 aromatic heterocycles. The molecule has 5 heteroatoms. The lowest BCUT2D eigenvalue weighted by Gasteiger charge is -2.37. The average molecular weight is 277 g/mol. The molecule has 0 saturated carbocycles. The van der Waals surface area contributed by atoms with Gasteiger partial charge in [0.2, 0.25) is 0 Å². The van der Waals surface area contributed by atoms with E-state index in [-0.39, 0.29) is 11.3 Å². The van der Waals surface area contributed by atoms with Crippen LogP contribution in [0.5, 0.6) is 0 Å². The summed E-state index contributed by atoms with van der Waals surface area (Å²) in [5.74, 6) is -0.109. The van der Waals surface area contributed by atoms with Crippen molar-refractivity contribution < 1.29 is 9.53 Å². The zero-order valence-corrected chi connectivity index (χ0v) is 12.2. The van der Waals surface area contributed by atoms with Gasteiger partial charge in [0.1, 0.15) is 5.69 Å². The molecule has 0 aliphatic carbocycles. The second kappa shape index (κ2) is 6.81. The van der Waals surface area contributed by atoms with Crippen LogP contribution in [0.3, 0.4) is 0 Å². The van der Waals surface area contributed by atoms with Gasteiger partial charge in [-0.2, -0.15) is 0 Å². The molecule has 0 bridgehead atoms. The molecule has 20 heavy (non-hydrogen) atoms. The van der Waals surface area contributed by atoms with Crippen molar-refractivity contribution in [2.24, 2.45) is 5.41 Å². The lowest BCUT2D eigenvalue weighted by Crippen LogP contribution is -2.47. The SMILES string of the molecule is COCC1(CNC(=O)c2cccc(C)n2)CCNCC1. The average Bonchev–Trinajstić information content (AvgIpc) is 2.46. The van der Waals surface area contributed by atoms with Crippen molar-refractivity contribution in [3.63, 3.8) is 0 Å². The second-order valence-corrected chi connectivity index (χ2v) is 5.53. The third kappa shape index (κ3) is 3.77. The molecule has 2 heterocycles. The van der Waals surface area contributed by atoms with Crippen LogP contribution in [0.25, 0.3) is 0 Å². The molecule has 1 saturated heterocycles. The van der Waals surface area contributed by atoms with Crippen molar-refractivity contribution in [3.05, 3.63) is 29.6 Å². The molecule has 0 aromatic carbocycles. The summed E-state index contributed by atoms with van der Waals surface area (Å²) in [5, 5.41) is 6.36. The Labute approximate surface area is 120 Å². The van der Waals surface area contributed by atoms with Gasteiger partial charge in [-0.05, 0) is 45.0 Å². The molecule has 5 nitrogen and oxygen atoms in total. The van der Waals surface area contributed by atoms with Gasteiger partial charge in [-0.1, -0.05) is 6.07 Å². The third-order valence-electron chi connectivity index (χ3n) is 3.86. The Morgan fingerprint density at radius 1 is 1.45 bits per heavy atom. The van der Waals surface area contributed by atoms with Gasteiger partial charge in [-0.3, -0.25) is 4.79 Å². The van der Waals surface area contributed by atoms with Crippen LogP contribution in [0.4, 0.5) is 0 Å². The van der Waals surface area contributed by atoms with Gasteiger partial charge in [-0.25, -0.2) is 4.98 Å². The zero-order valence-electron chi connectivity index (χ0n) is 12.2. The fraction of sp³-hybridized carbons (Fsp3) is 0.600. The maximum absolute atomic E-state index is 12.2. The number of rotatable bonds is 5. The number of methoxy groups -OCH3 is 1. The molecule has 110 valence electrons. The number of piperidine rings is 1. The van der Waals surface area contributed by atoms with Crippen LogP contribution in [0.1, 0.15) is 29.0 Å². The summed E-state index contributed by atoms with van der Waals surface area (Å²) in [6, 6.07) is 5.48. The lowest BCUT2D eigenvalue weighted by molar-refractivity contribution is 0.0510. The van der Waals surface area contributed by atoms with Gasteiger partial charge >= 0.3 is 0 Å². The fourth-order valence-electron chi connectivity index (χ4n) is 2.66. The highest BCUT2D eigenvalue weighted by Gasteiger charge is 2.32. The zero-order chi connectivity index (χ0) is 14.4. The Balaban J connectivity index is 1.96. The van der Waals surface area contributed by atoms with Crippen LogP contribution in [-0.2, 0) is 4.74 Å². The molecule has 1 aliphatic heterocycles. The minimum absolute atomic E-state index is 0.0412. The molecule has 1 aromatic rings. The predicted molar refractivity (Wildman–Crippen MR) is 77.7 cm³/mol. The van der Waals surface area contributed by atoms with Gasteiger partial charge in [0.15, 0.2) is 0 Å². The normalized spacial score (nSPS) is 17.7. The first-order valence-corrected chi connectivity index (χ1v) is 7.07. The van der Waals surface area contributed by atoms with Crippen LogP contribution in [-0.4, -0.2) is 44.2 Å². The Morgan fingerprint density at radius 2 is 2.20 bits per heavy atom. The molecule has 2 rings (SSSR count). The molecule has 1 amide bonds. The minimum Gasteiger partial charge on any atom is -0.384 e. The summed E-state index contributed by atoms with van der Waals surface area (Å²) in [7, 11) is 1.72. The van der Waals surface area contributed by atoms with Crippen molar-refractivity contribution in [1.82, 2.24) is 15.6 Å².